The molecule has 6 heteroatoms. The Kier molecular flexibility index (Phi) is 5.96. The summed E-state index contributed by atoms with van der Waals surface area (Å²) in [6.07, 6.45) is 0.257. The molecule has 2 amide bonds. The molecule has 2 rings (SSSR count). The smallest absolute Gasteiger partial charge is 0.249 e. The normalized spacial score (nSPS) is 13.2. The van der Waals surface area contributed by atoms with Crippen molar-refractivity contribution in [3.63, 3.8) is 0 Å². The first-order valence-corrected chi connectivity index (χ1v) is 8.29. The van der Waals surface area contributed by atoms with Crippen molar-refractivity contribution in [2.24, 2.45) is 0 Å². The van der Waals surface area contributed by atoms with Gasteiger partial charge in [-0.25, -0.2) is 0 Å². The molecule has 0 aliphatic carbocycles. The molecule has 2 atom stereocenters. The van der Waals surface area contributed by atoms with E-state index < -0.39 is 6.04 Å². The summed E-state index contributed by atoms with van der Waals surface area (Å²) in [6, 6.07) is 8.56. The summed E-state index contributed by atoms with van der Waals surface area (Å²) >= 11 is 0. The summed E-state index contributed by atoms with van der Waals surface area (Å²) in [5.41, 5.74) is 2.51. The number of likely N-dealkylation sites (N-methyl/N-ethyl adjacent to an activating group) is 1. The van der Waals surface area contributed by atoms with Gasteiger partial charge in [0.15, 0.2) is 0 Å². The Morgan fingerprint density at radius 2 is 1.84 bits per heavy atom. The van der Waals surface area contributed by atoms with Crippen molar-refractivity contribution in [1.82, 2.24) is 15.4 Å². The van der Waals surface area contributed by atoms with Crippen molar-refractivity contribution in [3.05, 3.63) is 52.9 Å². The molecule has 1 N–H and O–H groups in total. The number of carbonyl (C=O) groups excluding carboxylic acids is 2. The Labute approximate surface area is 148 Å². The van der Waals surface area contributed by atoms with Crippen LogP contribution in [0.1, 0.15) is 47.9 Å². The molecule has 25 heavy (non-hydrogen) atoms. The van der Waals surface area contributed by atoms with E-state index in [1.165, 1.54) is 4.90 Å². The number of aryl methyl sites for hydroxylation is 2. The first-order chi connectivity index (χ1) is 11.8. The summed E-state index contributed by atoms with van der Waals surface area (Å²) in [4.78, 5) is 26.5. The van der Waals surface area contributed by atoms with Gasteiger partial charge in [0.1, 0.15) is 11.8 Å². The van der Waals surface area contributed by atoms with E-state index in [1.807, 2.05) is 51.1 Å². The molecule has 0 bridgehead atoms. The Morgan fingerprint density at radius 3 is 2.36 bits per heavy atom. The number of nitrogens with zero attached hydrogens (tertiary/aromatic N) is 2. The maximum absolute atomic E-state index is 12.5. The topological polar surface area (TPSA) is 75.4 Å². The average Bonchev–Trinajstić information content (AvgIpc) is 2.91. The maximum atomic E-state index is 12.5. The molecule has 0 radical (unpaired) electrons. The quantitative estimate of drug-likeness (QED) is 0.875. The Bertz CT molecular complexity index is 718. The molecule has 1 heterocycles. The number of benzene rings is 1. The van der Waals surface area contributed by atoms with Crippen LogP contribution in [-0.2, 0) is 9.59 Å². The van der Waals surface area contributed by atoms with Gasteiger partial charge in [-0.1, -0.05) is 42.4 Å². The van der Waals surface area contributed by atoms with Crippen LogP contribution < -0.4 is 5.32 Å². The average molecular weight is 343 g/mol. The van der Waals surface area contributed by atoms with E-state index >= 15 is 0 Å². The minimum Gasteiger partial charge on any atom is -0.361 e. The number of hydrogen-bond acceptors (Lipinski definition) is 4. The zero-order valence-corrected chi connectivity index (χ0v) is 15.4. The SMILES string of the molecule is Cc1noc(C)c1[C@@H](C)CC(=O)N[C@H](C(=O)N(C)C)c1ccccc1. The second-order valence-electron chi connectivity index (χ2n) is 6.49. The summed E-state index contributed by atoms with van der Waals surface area (Å²) in [6.45, 7) is 5.66. The third kappa shape index (κ3) is 4.47. The van der Waals surface area contributed by atoms with Crippen molar-refractivity contribution in [1.29, 1.82) is 0 Å². The third-order valence-corrected chi connectivity index (χ3v) is 4.20. The highest BCUT2D eigenvalue weighted by Crippen LogP contribution is 2.26. The lowest BCUT2D eigenvalue weighted by Crippen LogP contribution is -2.40. The van der Waals surface area contributed by atoms with Crippen LogP contribution in [-0.4, -0.2) is 36.0 Å². The fourth-order valence-electron chi connectivity index (χ4n) is 2.99. The van der Waals surface area contributed by atoms with Crippen molar-refractivity contribution in [2.45, 2.75) is 39.2 Å². The van der Waals surface area contributed by atoms with Crippen LogP contribution in [0.15, 0.2) is 34.9 Å². The second kappa shape index (κ2) is 7.96. The minimum atomic E-state index is -0.694. The number of aromatic nitrogens is 1. The second-order valence-corrected chi connectivity index (χ2v) is 6.49. The molecule has 1 aromatic heterocycles. The summed E-state index contributed by atoms with van der Waals surface area (Å²) < 4.78 is 5.18. The molecule has 134 valence electrons. The summed E-state index contributed by atoms with van der Waals surface area (Å²) in [7, 11) is 3.35. The van der Waals surface area contributed by atoms with Crippen molar-refractivity contribution in [2.75, 3.05) is 14.1 Å². The van der Waals surface area contributed by atoms with E-state index in [-0.39, 0.29) is 24.2 Å². The fourth-order valence-corrected chi connectivity index (χ4v) is 2.99. The van der Waals surface area contributed by atoms with Gasteiger partial charge in [-0.05, 0) is 25.3 Å². The molecule has 0 aliphatic heterocycles. The standard InChI is InChI=1S/C19H25N3O3/c1-12(17-13(2)21-25-14(17)3)11-16(23)20-18(19(24)22(4)5)15-9-7-6-8-10-15/h6-10,12,18H,11H2,1-5H3,(H,20,23)/t12-,18-/m0/s1. The lowest BCUT2D eigenvalue weighted by Gasteiger charge is -2.23. The number of rotatable bonds is 6. The van der Waals surface area contributed by atoms with Crippen molar-refractivity contribution < 1.29 is 14.1 Å². The number of amides is 2. The van der Waals surface area contributed by atoms with Gasteiger partial charge >= 0.3 is 0 Å². The van der Waals surface area contributed by atoms with Crippen LogP contribution in [0.25, 0.3) is 0 Å². The fraction of sp³-hybridized carbons (Fsp3) is 0.421. The highest BCUT2D eigenvalue weighted by molar-refractivity contribution is 5.88. The number of carbonyl (C=O) groups is 2. The van der Waals surface area contributed by atoms with Crippen LogP contribution in [0, 0.1) is 13.8 Å². The Hall–Kier alpha value is -2.63. The zero-order valence-electron chi connectivity index (χ0n) is 15.4. The maximum Gasteiger partial charge on any atom is 0.249 e. The largest absolute Gasteiger partial charge is 0.361 e. The van der Waals surface area contributed by atoms with Gasteiger partial charge in [0.05, 0.1) is 5.69 Å². The molecule has 2 aromatic rings. The summed E-state index contributed by atoms with van der Waals surface area (Å²) in [5.74, 6) is 0.333. The van der Waals surface area contributed by atoms with Crippen LogP contribution >= 0.6 is 0 Å². The minimum absolute atomic E-state index is 0.0443. The van der Waals surface area contributed by atoms with E-state index in [2.05, 4.69) is 10.5 Å². The van der Waals surface area contributed by atoms with Crippen LogP contribution in [0.5, 0.6) is 0 Å². The monoisotopic (exact) mass is 343 g/mol. The van der Waals surface area contributed by atoms with E-state index in [0.717, 1.165) is 22.6 Å². The van der Waals surface area contributed by atoms with Crippen molar-refractivity contribution >= 4 is 11.8 Å². The zero-order chi connectivity index (χ0) is 18.6. The predicted molar refractivity (Wildman–Crippen MR) is 95.0 cm³/mol. The molecule has 1 aromatic carbocycles. The van der Waals surface area contributed by atoms with E-state index in [4.69, 9.17) is 4.52 Å². The first kappa shape index (κ1) is 18.7. The lowest BCUT2D eigenvalue weighted by atomic mass is 9.95. The van der Waals surface area contributed by atoms with Gasteiger partial charge in [0, 0.05) is 26.1 Å². The van der Waals surface area contributed by atoms with Crippen LogP contribution in [0.2, 0.25) is 0 Å². The van der Waals surface area contributed by atoms with Gasteiger partial charge in [0.25, 0.3) is 0 Å². The van der Waals surface area contributed by atoms with Gasteiger partial charge in [0.2, 0.25) is 11.8 Å². The van der Waals surface area contributed by atoms with E-state index in [0.29, 0.717) is 0 Å². The highest BCUT2D eigenvalue weighted by atomic mass is 16.5. The van der Waals surface area contributed by atoms with Gasteiger partial charge in [-0.3, -0.25) is 9.59 Å². The molecule has 6 nitrogen and oxygen atoms in total. The van der Waals surface area contributed by atoms with Crippen LogP contribution in [0.4, 0.5) is 0 Å². The Balaban J connectivity index is 2.13. The molecular formula is C19H25N3O3. The van der Waals surface area contributed by atoms with E-state index in [1.54, 1.807) is 14.1 Å². The lowest BCUT2D eigenvalue weighted by molar-refractivity contribution is -0.134. The molecule has 0 fully saturated rings. The molecule has 0 unspecified atom stereocenters. The van der Waals surface area contributed by atoms with Crippen molar-refractivity contribution in [3.8, 4) is 0 Å². The molecule has 0 saturated heterocycles. The van der Waals surface area contributed by atoms with Gasteiger partial charge in [-0.2, -0.15) is 0 Å². The molecule has 0 aliphatic rings. The highest BCUT2D eigenvalue weighted by Gasteiger charge is 2.26. The summed E-state index contributed by atoms with van der Waals surface area (Å²) in [5, 5.41) is 6.80. The molecular weight excluding hydrogens is 318 g/mol. The number of nitrogens with one attached hydrogen (secondary N) is 1. The number of hydrogen-bond donors (Lipinski definition) is 1. The predicted octanol–water partition coefficient (Wildman–Crippen LogP) is 2.73. The molecule has 0 spiro atoms. The van der Waals surface area contributed by atoms with Gasteiger partial charge in [-0.15, -0.1) is 0 Å². The van der Waals surface area contributed by atoms with E-state index in [9.17, 15) is 9.59 Å². The molecule has 0 saturated carbocycles. The Morgan fingerprint density at radius 1 is 1.20 bits per heavy atom. The third-order valence-electron chi connectivity index (χ3n) is 4.20. The first-order valence-electron chi connectivity index (χ1n) is 8.29. The van der Waals surface area contributed by atoms with Gasteiger partial charge < -0.3 is 14.7 Å². The van der Waals surface area contributed by atoms with Crippen LogP contribution in [0.3, 0.4) is 0 Å².